The second-order valence-corrected chi connectivity index (χ2v) is 4.87. The van der Waals surface area contributed by atoms with Gasteiger partial charge < -0.3 is 4.90 Å². The molecule has 1 heterocycles. The highest BCUT2D eigenvalue weighted by Crippen LogP contribution is 2.26. The van der Waals surface area contributed by atoms with E-state index >= 15 is 0 Å². The van der Waals surface area contributed by atoms with E-state index in [1.54, 1.807) is 0 Å². The molecule has 0 aliphatic carbocycles. The van der Waals surface area contributed by atoms with E-state index in [-0.39, 0.29) is 22.3 Å². The molecule has 0 bridgehead atoms. The lowest BCUT2D eigenvalue weighted by Gasteiger charge is -2.22. The average molecular weight is 317 g/mol. The number of hydrogen-bond acceptors (Lipinski definition) is 4. The molecule has 0 aliphatic heterocycles. The normalized spacial score (nSPS) is 11.4. The number of rotatable bonds is 5. The van der Waals surface area contributed by atoms with Crippen LogP contribution in [0, 0.1) is 10.1 Å². The van der Waals surface area contributed by atoms with Crippen LogP contribution >= 0.6 is 22.9 Å². The van der Waals surface area contributed by atoms with Gasteiger partial charge in [-0.15, -0.1) is 11.6 Å². The number of halogens is 4. The summed E-state index contributed by atoms with van der Waals surface area (Å²) in [5, 5.41) is 10.1. The first-order chi connectivity index (χ1) is 8.74. The number of carbonyl (C=O) groups is 1. The second kappa shape index (κ2) is 6.20. The van der Waals surface area contributed by atoms with Crippen molar-refractivity contribution in [3.05, 3.63) is 27.1 Å². The Morgan fingerprint density at radius 1 is 1.47 bits per heavy atom. The molecule has 0 spiro atoms. The molecule has 1 rings (SSSR count). The maximum Gasteiger partial charge on any atom is 0.406 e. The molecule has 0 saturated heterocycles. The Balaban J connectivity index is 2.89. The quantitative estimate of drug-likeness (QED) is 0.476. The van der Waals surface area contributed by atoms with Gasteiger partial charge in [-0.2, -0.15) is 13.2 Å². The molecule has 5 nitrogen and oxygen atoms in total. The third kappa shape index (κ3) is 4.67. The van der Waals surface area contributed by atoms with E-state index < -0.39 is 23.6 Å². The van der Waals surface area contributed by atoms with Crippen molar-refractivity contribution >= 4 is 33.8 Å². The monoisotopic (exact) mass is 316 g/mol. The van der Waals surface area contributed by atoms with Crippen LogP contribution in [-0.4, -0.2) is 40.9 Å². The van der Waals surface area contributed by atoms with Crippen LogP contribution in [0.2, 0.25) is 0 Å². The topological polar surface area (TPSA) is 63.4 Å². The summed E-state index contributed by atoms with van der Waals surface area (Å²) in [6.07, 6.45) is -4.55. The van der Waals surface area contributed by atoms with Crippen molar-refractivity contribution in [3.8, 4) is 0 Å². The van der Waals surface area contributed by atoms with E-state index in [2.05, 4.69) is 0 Å². The van der Waals surface area contributed by atoms with Crippen molar-refractivity contribution < 1.29 is 22.9 Å². The van der Waals surface area contributed by atoms with Gasteiger partial charge in [-0.25, -0.2) is 0 Å². The highest BCUT2D eigenvalue weighted by molar-refractivity contribution is 7.17. The lowest BCUT2D eigenvalue weighted by Crippen LogP contribution is -2.39. The molecule has 10 heteroatoms. The smallest absolute Gasteiger partial charge is 0.328 e. The molecule has 106 valence electrons. The van der Waals surface area contributed by atoms with Crippen LogP contribution in [0.15, 0.2) is 12.1 Å². The Labute approximate surface area is 114 Å². The summed E-state index contributed by atoms with van der Waals surface area (Å²) in [7, 11) is 0. The van der Waals surface area contributed by atoms with Crippen LogP contribution in [0.1, 0.15) is 9.67 Å². The summed E-state index contributed by atoms with van der Waals surface area (Å²) >= 11 is 5.87. The fourth-order valence-electron chi connectivity index (χ4n) is 1.27. The van der Waals surface area contributed by atoms with Gasteiger partial charge >= 0.3 is 11.2 Å². The predicted molar refractivity (Wildman–Crippen MR) is 63.7 cm³/mol. The van der Waals surface area contributed by atoms with Gasteiger partial charge in [-0.3, -0.25) is 14.9 Å². The lowest BCUT2D eigenvalue weighted by atomic mass is 10.3. The van der Waals surface area contributed by atoms with E-state index in [0.717, 1.165) is 12.1 Å². The average Bonchev–Trinajstić information content (AvgIpc) is 2.75. The molecule has 0 fully saturated rings. The SMILES string of the molecule is O=C(c1ccc([N+](=O)[O-])s1)N(CCCl)CC(F)(F)F. The molecule has 0 saturated carbocycles. The summed E-state index contributed by atoms with van der Waals surface area (Å²) in [5.74, 6) is -1.08. The molecule has 1 aromatic heterocycles. The van der Waals surface area contributed by atoms with Gasteiger partial charge in [0.2, 0.25) is 0 Å². The first kappa shape index (κ1) is 15.7. The maximum atomic E-state index is 12.3. The van der Waals surface area contributed by atoms with E-state index in [0.29, 0.717) is 16.2 Å². The molecule has 0 N–H and O–H groups in total. The minimum absolute atomic E-state index is 0.124. The molecule has 0 aromatic carbocycles. The minimum atomic E-state index is -4.55. The number of carbonyl (C=O) groups excluding carboxylic acids is 1. The highest BCUT2D eigenvalue weighted by Gasteiger charge is 2.33. The highest BCUT2D eigenvalue weighted by atomic mass is 35.5. The third-order valence-electron chi connectivity index (χ3n) is 1.99. The number of alkyl halides is 4. The Bertz CT molecular complexity index is 478. The zero-order valence-electron chi connectivity index (χ0n) is 9.32. The summed E-state index contributed by atoms with van der Waals surface area (Å²) in [6.45, 7) is -1.73. The molecule has 0 radical (unpaired) electrons. The number of nitrogens with zero attached hydrogens (tertiary/aromatic N) is 2. The van der Waals surface area contributed by atoms with Crippen molar-refractivity contribution in [2.24, 2.45) is 0 Å². The fraction of sp³-hybridized carbons (Fsp3) is 0.444. The maximum absolute atomic E-state index is 12.3. The van der Waals surface area contributed by atoms with Crippen LogP contribution < -0.4 is 0 Å². The largest absolute Gasteiger partial charge is 0.406 e. The third-order valence-corrected chi connectivity index (χ3v) is 3.19. The minimum Gasteiger partial charge on any atom is -0.328 e. The van der Waals surface area contributed by atoms with Gasteiger partial charge in [0.05, 0.1) is 9.80 Å². The molecule has 0 aliphatic rings. The Morgan fingerprint density at radius 3 is 2.53 bits per heavy atom. The van der Waals surface area contributed by atoms with E-state index in [4.69, 9.17) is 11.6 Å². The van der Waals surface area contributed by atoms with Crippen molar-refractivity contribution in [3.63, 3.8) is 0 Å². The summed E-state index contributed by atoms with van der Waals surface area (Å²) in [5.41, 5.74) is 0. The first-order valence-electron chi connectivity index (χ1n) is 4.91. The molecular weight excluding hydrogens is 309 g/mol. The molecule has 19 heavy (non-hydrogen) atoms. The Kier molecular flexibility index (Phi) is 5.12. The van der Waals surface area contributed by atoms with Gasteiger partial charge in [-0.05, 0) is 6.07 Å². The van der Waals surface area contributed by atoms with Crippen molar-refractivity contribution in [1.82, 2.24) is 4.90 Å². The van der Waals surface area contributed by atoms with Crippen LogP contribution in [0.5, 0.6) is 0 Å². The van der Waals surface area contributed by atoms with Gasteiger partial charge in [0.1, 0.15) is 6.54 Å². The standard InChI is InChI=1S/C9H8ClF3N2O3S/c10-3-4-14(5-9(11,12)13)8(16)6-1-2-7(19-6)15(17)18/h1-2H,3-5H2. The van der Waals surface area contributed by atoms with Crippen LogP contribution in [0.4, 0.5) is 18.2 Å². The summed E-state index contributed by atoms with van der Waals surface area (Å²) < 4.78 is 36.9. The van der Waals surface area contributed by atoms with Crippen molar-refractivity contribution in [2.75, 3.05) is 19.0 Å². The summed E-state index contributed by atoms with van der Waals surface area (Å²) in [6, 6.07) is 2.20. The number of nitro groups is 1. The summed E-state index contributed by atoms with van der Waals surface area (Å²) in [4.78, 5) is 21.9. The van der Waals surface area contributed by atoms with Gasteiger partial charge in [0, 0.05) is 18.5 Å². The molecule has 1 aromatic rings. The Morgan fingerprint density at radius 2 is 2.11 bits per heavy atom. The van der Waals surface area contributed by atoms with Crippen molar-refractivity contribution in [1.29, 1.82) is 0 Å². The van der Waals surface area contributed by atoms with E-state index in [9.17, 15) is 28.1 Å². The zero-order chi connectivity index (χ0) is 14.6. The van der Waals surface area contributed by atoms with Gasteiger partial charge in [0.25, 0.3) is 5.91 Å². The van der Waals surface area contributed by atoms with E-state index in [1.165, 1.54) is 0 Å². The molecular formula is C9H8ClF3N2O3S. The molecule has 0 unspecified atom stereocenters. The van der Waals surface area contributed by atoms with Gasteiger partial charge in [0.15, 0.2) is 0 Å². The van der Waals surface area contributed by atoms with Crippen LogP contribution in [-0.2, 0) is 0 Å². The molecule has 1 amide bonds. The van der Waals surface area contributed by atoms with Crippen LogP contribution in [0.3, 0.4) is 0 Å². The number of thiophene rings is 1. The van der Waals surface area contributed by atoms with Gasteiger partial charge in [-0.1, -0.05) is 11.3 Å². The van der Waals surface area contributed by atoms with Crippen molar-refractivity contribution in [2.45, 2.75) is 6.18 Å². The molecule has 0 atom stereocenters. The van der Waals surface area contributed by atoms with Crippen LogP contribution in [0.25, 0.3) is 0 Å². The zero-order valence-corrected chi connectivity index (χ0v) is 10.9. The fourth-order valence-corrected chi connectivity index (χ4v) is 2.26. The van der Waals surface area contributed by atoms with E-state index in [1.807, 2.05) is 0 Å². The predicted octanol–water partition coefficient (Wildman–Crippen LogP) is 2.90. The lowest BCUT2D eigenvalue weighted by molar-refractivity contribution is -0.380. The first-order valence-corrected chi connectivity index (χ1v) is 6.26. The second-order valence-electron chi connectivity index (χ2n) is 3.43. The number of hydrogen-bond donors (Lipinski definition) is 0. The number of amides is 1. The Hall–Kier alpha value is -1.35.